The lowest BCUT2D eigenvalue weighted by atomic mass is 10.0. The van der Waals surface area contributed by atoms with E-state index in [1.165, 1.54) is 0 Å². The van der Waals surface area contributed by atoms with Crippen molar-refractivity contribution >= 4 is 17.6 Å². The third-order valence-corrected chi connectivity index (χ3v) is 3.50. The van der Waals surface area contributed by atoms with Crippen molar-refractivity contribution in [2.45, 2.75) is 0 Å². The highest BCUT2D eigenvalue weighted by atomic mass is 35.5. The largest absolute Gasteiger partial charge is 0.423 e. The molecule has 0 saturated carbocycles. The summed E-state index contributed by atoms with van der Waals surface area (Å²) < 4.78 is 5.30. The first-order valence-electron chi connectivity index (χ1n) is 6.85. The summed E-state index contributed by atoms with van der Waals surface area (Å²) in [4.78, 5) is 12.1. The van der Waals surface area contributed by atoms with E-state index >= 15 is 0 Å². The van der Waals surface area contributed by atoms with Gasteiger partial charge in [0.05, 0.1) is 5.56 Å². The summed E-state index contributed by atoms with van der Waals surface area (Å²) in [5, 5.41) is 0.604. The second kappa shape index (κ2) is 6.46. The van der Waals surface area contributed by atoms with Crippen LogP contribution in [0.25, 0.3) is 11.1 Å². The fourth-order valence-electron chi connectivity index (χ4n) is 2.10. The van der Waals surface area contributed by atoms with Crippen molar-refractivity contribution in [3.63, 3.8) is 0 Å². The van der Waals surface area contributed by atoms with Gasteiger partial charge in [-0.05, 0) is 47.5 Å². The summed E-state index contributed by atoms with van der Waals surface area (Å²) in [7, 11) is 0. The van der Waals surface area contributed by atoms with Crippen LogP contribution in [0.15, 0.2) is 78.9 Å². The molecule has 0 unspecified atom stereocenters. The number of hydrogen-bond donors (Lipinski definition) is 0. The molecule has 0 heterocycles. The van der Waals surface area contributed by atoms with Crippen LogP contribution in [0.1, 0.15) is 10.4 Å². The van der Waals surface area contributed by atoms with Crippen molar-refractivity contribution in [1.29, 1.82) is 0 Å². The zero-order valence-corrected chi connectivity index (χ0v) is 12.5. The Balaban J connectivity index is 1.75. The van der Waals surface area contributed by atoms with Crippen LogP contribution in [-0.4, -0.2) is 5.97 Å². The molecule has 22 heavy (non-hydrogen) atoms. The smallest absolute Gasteiger partial charge is 0.343 e. The van der Waals surface area contributed by atoms with Gasteiger partial charge in [0.2, 0.25) is 0 Å². The highest BCUT2D eigenvalue weighted by Gasteiger charge is 2.08. The van der Waals surface area contributed by atoms with Crippen LogP contribution in [0.3, 0.4) is 0 Å². The Hall–Kier alpha value is -2.58. The highest BCUT2D eigenvalue weighted by Crippen LogP contribution is 2.21. The zero-order chi connectivity index (χ0) is 15.4. The van der Waals surface area contributed by atoms with Gasteiger partial charge in [-0.25, -0.2) is 4.79 Å². The molecule has 0 bridgehead atoms. The number of benzene rings is 3. The fourth-order valence-corrected chi connectivity index (χ4v) is 2.22. The zero-order valence-electron chi connectivity index (χ0n) is 11.7. The molecule has 0 aliphatic carbocycles. The molecule has 0 saturated heterocycles. The van der Waals surface area contributed by atoms with Gasteiger partial charge in [0.1, 0.15) is 5.75 Å². The van der Waals surface area contributed by atoms with Crippen molar-refractivity contribution in [3.05, 3.63) is 89.4 Å². The number of carbonyl (C=O) groups is 1. The molecule has 0 N–H and O–H groups in total. The van der Waals surface area contributed by atoms with E-state index in [9.17, 15) is 4.79 Å². The van der Waals surface area contributed by atoms with Crippen molar-refractivity contribution in [2.75, 3.05) is 0 Å². The Bertz CT molecular complexity index is 763. The molecule has 0 atom stereocenters. The quantitative estimate of drug-likeness (QED) is 0.489. The summed E-state index contributed by atoms with van der Waals surface area (Å²) in [5.41, 5.74) is 2.68. The number of esters is 1. The molecule has 0 spiro atoms. The topological polar surface area (TPSA) is 26.3 Å². The molecule has 0 fully saturated rings. The molecule has 0 aliphatic heterocycles. The van der Waals surface area contributed by atoms with E-state index in [2.05, 4.69) is 0 Å². The molecular formula is C19H13ClO2. The fraction of sp³-hybridized carbons (Fsp3) is 0. The molecule has 3 rings (SSSR count). The number of hydrogen-bond acceptors (Lipinski definition) is 2. The van der Waals surface area contributed by atoms with E-state index in [4.69, 9.17) is 16.3 Å². The lowest BCUT2D eigenvalue weighted by Crippen LogP contribution is -2.08. The van der Waals surface area contributed by atoms with Gasteiger partial charge < -0.3 is 4.74 Å². The molecular weight excluding hydrogens is 296 g/mol. The van der Waals surface area contributed by atoms with Gasteiger partial charge >= 0.3 is 5.97 Å². The molecule has 3 aromatic rings. The van der Waals surface area contributed by atoms with Gasteiger partial charge in [0, 0.05) is 5.02 Å². The van der Waals surface area contributed by atoms with Crippen LogP contribution in [0.2, 0.25) is 5.02 Å². The van der Waals surface area contributed by atoms with Gasteiger partial charge in [-0.15, -0.1) is 0 Å². The van der Waals surface area contributed by atoms with Gasteiger partial charge in [0.15, 0.2) is 0 Å². The summed E-state index contributed by atoms with van der Waals surface area (Å²) in [6.07, 6.45) is 0. The van der Waals surface area contributed by atoms with E-state index in [1.54, 1.807) is 36.4 Å². The summed E-state index contributed by atoms with van der Waals surface area (Å²) >= 11 is 5.80. The normalized spacial score (nSPS) is 10.2. The molecule has 0 aliphatic rings. The lowest BCUT2D eigenvalue weighted by molar-refractivity contribution is 0.0735. The van der Waals surface area contributed by atoms with Gasteiger partial charge in [-0.1, -0.05) is 54.1 Å². The van der Waals surface area contributed by atoms with Crippen LogP contribution in [-0.2, 0) is 0 Å². The highest BCUT2D eigenvalue weighted by molar-refractivity contribution is 6.30. The number of ether oxygens (including phenoxy) is 1. The summed E-state index contributed by atoms with van der Waals surface area (Å²) in [5.74, 6) is 0.0865. The monoisotopic (exact) mass is 308 g/mol. The lowest BCUT2D eigenvalue weighted by Gasteiger charge is -2.06. The first kappa shape index (κ1) is 14.4. The predicted octanol–water partition coefficient (Wildman–Crippen LogP) is 5.23. The maximum atomic E-state index is 12.1. The number of carbonyl (C=O) groups excluding carboxylic acids is 1. The van der Waals surface area contributed by atoms with E-state index < -0.39 is 0 Å². The Kier molecular flexibility index (Phi) is 4.22. The number of halogens is 1. The Labute approximate surface area is 133 Å². The standard InChI is InChI=1S/C19H13ClO2/c20-17-10-12-18(13-11-17)22-19(21)16-8-6-15(7-9-16)14-4-2-1-3-5-14/h1-13H. The van der Waals surface area contributed by atoms with Crippen LogP contribution >= 0.6 is 11.6 Å². The second-order valence-corrected chi connectivity index (χ2v) is 5.22. The molecule has 2 nitrogen and oxygen atoms in total. The minimum atomic E-state index is -0.387. The molecule has 3 aromatic carbocycles. The van der Waals surface area contributed by atoms with E-state index in [0.29, 0.717) is 16.3 Å². The molecule has 3 heteroatoms. The Morgan fingerprint density at radius 1 is 0.727 bits per heavy atom. The summed E-state index contributed by atoms with van der Waals surface area (Å²) in [6, 6.07) is 24.0. The van der Waals surface area contributed by atoms with Crippen LogP contribution in [0.4, 0.5) is 0 Å². The van der Waals surface area contributed by atoms with E-state index in [-0.39, 0.29) is 5.97 Å². The minimum Gasteiger partial charge on any atom is -0.423 e. The third kappa shape index (κ3) is 3.35. The van der Waals surface area contributed by atoms with Crippen LogP contribution < -0.4 is 4.74 Å². The second-order valence-electron chi connectivity index (χ2n) is 4.79. The van der Waals surface area contributed by atoms with Crippen molar-refractivity contribution in [3.8, 4) is 16.9 Å². The molecule has 0 radical (unpaired) electrons. The van der Waals surface area contributed by atoms with Gasteiger partial charge in [0.25, 0.3) is 0 Å². The average molecular weight is 309 g/mol. The van der Waals surface area contributed by atoms with E-state index in [1.807, 2.05) is 42.5 Å². The predicted molar refractivity (Wildman–Crippen MR) is 88.3 cm³/mol. The summed E-state index contributed by atoms with van der Waals surface area (Å²) in [6.45, 7) is 0. The van der Waals surface area contributed by atoms with Gasteiger partial charge in [-0.3, -0.25) is 0 Å². The van der Waals surface area contributed by atoms with Crippen LogP contribution in [0, 0.1) is 0 Å². The van der Waals surface area contributed by atoms with E-state index in [0.717, 1.165) is 11.1 Å². The maximum Gasteiger partial charge on any atom is 0.343 e. The van der Waals surface area contributed by atoms with Crippen molar-refractivity contribution in [2.24, 2.45) is 0 Å². The van der Waals surface area contributed by atoms with Gasteiger partial charge in [-0.2, -0.15) is 0 Å². The minimum absolute atomic E-state index is 0.387. The Morgan fingerprint density at radius 3 is 1.95 bits per heavy atom. The Morgan fingerprint density at radius 2 is 1.32 bits per heavy atom. The van der Waals surface area contributed by atoms with Crippen LogP contribution in [0.5, 0.6) is 5.75 Å². The number of rotatable bonds is 3. The third-order valence-electron chi connectivity index (χ3n) is 3.25. The average Bonchev–Trinajstić information content (AvgIpc) is 2.58. The first-order valence-corrected chi connectivity index (χ1v) is 7.23. The SMILES string of the molecule is O=C(Oc1ccc(Cl)cc1)c1ccc(-c2ccccc2)cc1. The molecule has 0 aromatic heterocycles. The maximum absolute atomic E-state index is 12.1. The van der Waals surface area contributed by atoms with Crippen molar-refractivity contribution in [1.82, 2.24) is 0 Å². The van der Waals surface area contributed by atoms with Crippen molar-refractivity contribution < 1.29 is 9.53 Å². The molecule has 108 valence electrons. The molecule has 0 amide bonds. The first-order chi connectivity index (χ1) is 10.7.